The smallest absolute Gasteiger partial charge is 0.398 e. The first-order valence-electron chi connectivity index (χ1n) is 4.31. The van der Waals surface area contributed by atoms with Gasteiger partial charge in [-0.05, 0) is 0 Å². The van der Waals surface area contributed by atoms with Crippen LogP contribution in [0.5, 0.6) is 0 Å². The third kappa shape index (κ3) is 2.93. The number of rotatable bonds is 3. The Morgan fingerprint density at radius 3 is 2.17 bits per heavy atom. The van der Waals surface area contributed by atoms with Crippen molar-refractivity contribution in [1.29, 1.82) is 0 Å². The second-order valence-electron chi connectivity index (χ2n) is 3.46. The van der Waals surface area contributed by atoms with E-state index in [0.717, 1.165) is 0 Å². The molecular formula is C6H10O11S. The summed E-state index contributed by atoms with van der Waals surface area (Å²) in [6, 6.07) is 0. The van der Waals surface area contributed by atoms with Crippen molar-refractivity contribution < 1.29 is 52.2 Å². The van der Waals surface area contributed by atoms with Gasteiger partial charge in [-0.2, -0.15) is 8.42 Å². The van der Waals surface area contributed by atoms with Crippen molar-refractivity contribution in [3.63, 3.8) is 0 Å². The van der Waals surface area contributed by atoms with Crippen LogP contribution in [0, 0.1) is 0 Å². The number of ether oxygens (including phenoxy) is 1. The number of hydrogen-bond donors (Lipinski definition) is 6. The molecule has 1 aliphatic rings. The molecule has 4 atom stereocenters. The normalized spacial score (nSPS) is 36.3. The van der Waals surface area contributed by atoms with E-state index in [4.69, 9.17) is 9.66 Å². The highest BCUT2D eigenvalue weighted by atomic mass is 32.3. The van der Waals surface area contributed by atoms with Gasteiger partial charge >= 0.3 is 16.4 Å². The molecule has 12 heteroatoms. The SMILES string of the molecule is O=C(O)[C@@H]1O[C@@H](O)[C@H](OS(=O)(=O)O)C(O)(O)[C@@H]1O. The Hall–Kier alpha value is -0.860. The van der Waals surface area contributed by atoms with Gasteiger partial charge in [0, 0.05) is 0 Å². The lowest BCUT2D eigenvalue weighted by atomic mass is 9.95. The molecule has 1 rings (SSSR count). The molecule has 0 aromatic rings. The molecule has 1 heterocycles. The quantitative estimate of drug-likeness (QED) is 0.219. The first-order valence-corrected chi connectivity index (χ1v) is 5.68. The van der Waals surface area contributed by atoms with Crippen LogP contribution in [-0.4, -0.2) is 74.9 Å². The molecule has 1 saturated heterocycles. The lowest BCUT2D eigenvalue weighted by molar-refractivity contribution is -0.369. The summed E-state index contributed by atoms with van der Waals surface area (Å²) in [5, 5.41) is 45.7. The highest BCUT2D eigenvalue weighted by molar-refractivity contribution is 7.80. The summed E-state index contributed by atoms with van der Waals surface area (Å²) >= 11 is 0. The van der Waals surface area contributed by atoms with Crippen LogP contribution >= 0.6 is 0 Å². The largest absolute Gasteiger partial charge is 0.479 e. The van der Waals surface area contributed by atoms with Crippen LogP contribution in [0.25, 0.3) is 0 Å². The third-order valence-electron chi connectivity index (χ3n) is 2.15. The van der Waals surface area contributed by atoms with Crippen LogP contribution in [0.15, 0.2) is 0 Å². The van der Waals surface area contributed by atoms with Crippen molar-refractivity contribution in [3.05, 3.63) is 0 Å². The Balaban J connectivity index is 3.05. The summed E-state index contributed by atoms with van der Waals surface area (Å²) in [5.74, 6) is -5.31. The van der Waals surface area contributed by atoms with E-state index < -0.39 is 46.8 Å². The van der Waals surface area contributed by atoms with Crippen LogP contribution in [0.1, 0.15) is 0 Å². The zero-order valence-corrected chi connectivity index (χ0v) is 9.26. The van der Waals surface area contributed by atoms with E-state index in [1.165, 1.54) is 0 Å². The minimum atomic E-state index is -5.21. The fraction of sp³-hybridized carbons (Fsp3) is 0.833. The summed E-state index contributed by atoms with van der Waals surface area (Å²) in [4.78, 5) is 10.6. The molecule has 0 unspecified atom stereocenters. The van der Waals surface area contributed by atoms with Crippen LogP contribution in [0.3, 0.4) is 0 Å². The number of aliphatic hydroxyl groups is 4. The van der Waals surface area contributed by atoms with Crippen LogP contribution in [-0.2, 0) is 24.1 Å². The van der Waals surface area contributed by atoms with Gasteiger partial charge < -0.3 is 30.3 Å². The summed E-state index contributed by atoms with van der Waals surface area (Å²) in [6.45, 7) is 0. The fourth-order valence-electron chi connectivity index (χ4n) is 1.34. The minimum Gasteiger partial charge on any atom is -0.479 e. The summed E-state index contributed by atoms with van der Waals surface area (Å²) < 4.78 is 37.1. The second kappa shape index (κ2) is 4.67. The van der Waals surface area contributed by atoms with Crippen molar-refractivity contribution in [3.8, 4) is 0 Å². The minimum absolute atomic E-state index is 1.83. The van der Waals surface area contributed by atoms with Crippen LogP contribution < -0.4 is 0 Å². The maximum Gasteiger partial charge on any atom is 0.398 e. The van der Waals surface area contributed by atoms with E-state index in [0.29, 0.717) is 0 Å². The highest BCUT2D eigenvalue weighted by Crippen LogP contribution is 2.30. The number of carbonyl (C=O) groups is 1. The van der Waals surface area contributed by atoms with E-state index in [1.807, 2.05) is 0 Å². The molecule has 106 valence electrons. The molecular weight excluding hydrogens is 280 g/mol. The van der Waals surface area contributed by atoms with E-state index in [-0.39, 0.29) is 0 Å². The molecule has 0 saturated carbocycles. The molecule has 0 amide bonds. The average molecular weight is 290 g/mol. The number of aliphatic hydroxyl groups excluding tert-OH is 2. The van der Waals surface area contributed by atoms with E-state index in [9.17, 15) is 33.6 Å². The summed E-state index contributed by atoms with van der Waals surface area (Å²) in [6.07, 6.45) is -9.70. The van der Waals surface area contributed by atoms with Crippen molar-refractivity contribution in [2.24, 2.45) is 0 Å². The molecule has 0 bridgehead atoms. The topological polar surface area (TPSA) is 191 Å². The molecule has 1 aliphatic heterocycles. The maximum atomic E-state index is 10.6. The first-order chi connectivity index (χ1) is 7.97. The number of carboxylic acid groups (broad SMARTS) is 1. The predicted octanol–water partition coefficient (Wildman–Crippen LogP) is -3.98. The van der Waals surface area contributed by atoms with Gasteiger partial charge in [-0.1, -0.05) is 0 Å². The highest BCUT2D eigenvalue weighted by Gasteiger charge is 2.59. The second-order valence-corrected chi connectivity index (χ2v) is 4.51. The third-order valence-corrected chi connectivity index (χ3v) is 2.61. The standard InChI is InChI=1S/C6H10O11S/c7-2-1(4(8)9)16-5(10)3(6(2,11)12)17-18(13,14)15/h1-3,5,7,10-12H,(H,8,9)(H,13,14,15)/t1-,2-,3+,5-/m1/s1. The lowest BCUT2D eigenvalue weighted by Gasteiger charge is -2.42. The van der Waals surface area contributed by atoms with Crippen molar-refractivity contribution in [1.82, 2.24) is 0 Å². The van der Waals surface area contributed by atoms with Crippen molar-refractivity contribution in [2.75, 3.05) is 0 Å². The van der Waals surface area contributed by atoms with Gasteiger partial charge in [0.2, 0.25) is 5.79 Å². The maximum absolute atomic E-state index is 10.6. The molecule has 0 spiro atoms. The summed E-state index contributed by atoms with van der Waals surface area (Å²) in [7, 11) is -5.21. The molecule has 6 N–H and O–H groups in total. The molecule has 11 nitrogen and oxygen atoms in total. The monoisotopic (exact) mass is 290 g/mol. The Morgan fingerprint density at radius 2 is 1.78 bits per heavy atom. The van der Waals surface area contributed by atoms with Gasteiger partial charge in [0.15, 0.2) is 18.5 Å². The zero-order valence-electron chi connectivity index (χ0n) is 8.44. The summed E-state index contributed by atoms with van der Waals surface area (Å²) in [5.41, 5.74) is 0. The molecule has 0 aromatic carbocycles. The predicted molar refractivity (Wildman–Crippen MR) is 48.1 cm³/mol. The van der Waals surface area contributed by atoms with Gasteiger partial charge in [-0.25, -0.2) is 8.98 Å². The lowest BCUT2D eigenvalue weighted by Crippen LogP contribution is -2.68. The van der Waals surface area contributed by atoms with Gasteiger partial charge in [0.05, 0.1) is 0 Å². The number of hydrogen-bond acceptors (Lipinski definition) is 9. The molecule has 0 radical (unpaired) electrons. The van der Waals surface area contributed by atoms with Gasteiger partial charge in [0.1, 0.15) is 6.10 Å². The van der Waals surface area contributed by atoms with Gasteiger partial charge in [0.25, 0.3) is 0 Å². The Kier molecular flexibility index (Phi) is 3.94. The Bertz CT molecular complexity index is 427. The zero-order chi connectivity index (χ0) is 14.3. The first kappa shape index (κ1) is 15.2. The molecule has 0 aromatic heterocycles. The molecule has 18 heavy (non-hydrogen) atoms. The van der Waals surface area contributed by atoms with Crippen molar-refractivity contribution in [2.45, 2.75) is 30.4 Å². The van der Waals surface area contributed by atoms with E-state index in [1.54, 1.807) is 0 Å². The molecule has 1 fully saturated rings. The van der Waals surface area contributed by atoms with Crippen LogP contribution in [0.2, 0.25) is 0 Å². The van der Waals surface area contributed by atoms with Crippen molar-refractivity contribution >= 4 is 16.4 Å². The molecule has 0 aliphatic carbocycles. The Morgan fingerprint density at radius 1 is 1.28 bits per heavy atom. The number of carboxylic acids is 1. The van der Waals surface area contributed by atoms with E-state index in [2.05, 4.69) is 8.92 Å². The Labute approximate surface area is 99.8 Å². The van der Waals surface area contributed by atoms with Gasteiger partial charge in [-0.15, -0.1) is 0 Å². The van der Waals surface area contributed by atoms with E-state index >= 15 is 0 Å². The fourth-order valence-corrected chi connectivity index (χ4v) is 1.84. The van der Waals surface area contributed by atoms with Gasteiger partial charge in [-0.3, -0.25) is 4.55 Å². The van der Waals surface area contributed by atoms with Crippen LogP contribution in [0.4, 0.5) is 0 Å². The number of aliphatic carboxylic acids is 1. The average Bonchev–Trinajstić information content (AvgIpc) is 2.17.